The third-order valence-corrected chi connectivity index (χ3v) is 4.57. The van der Waals surface area contributed by atoms with Crippen LogP contribution in [0.4, 0.5) is 0 Å². The van der Waals surface area contributed by atoms with E-state index in [0.29, 0.717) is 12.8 Å². The van der Waals surface area contributed by atoms with Crippen molar-refractivity contribution in [2.75, 3.05) is 0 Å². The summed E-state index contributed by atoms with van der Waals surface area (Å²) in [7, 11) is 1.64. The summed E-state index contributed by atoms with van der Waals surface area (Å²) in [5.41, 5.74) is -3.15. The van der Waals surface area contributed by atoms with E-state index in [2.05, 4.69) is 0 Å². The van der Waals surface area contributed by atoms with Crippen molar-refractivity contribution in [3.8, 4) is 0 Å². The Balaban J connectivity index is 2.74. The van der Waals surface area contributed by atoms with Crippen LogP contribution in [0.3, 0.4) is 0 Å². The molecule has 0 aromatic rings. The minimum Gasteiger partial charge on any atom is -0.410 e. The smallest absolute Gasteiger partial charge is 0.398 e. The van der Waals surface area contributed by atoms with Gasteiger partial charge in [-0.05, 0) is 54.4 Å². The lowest BCUT2D eigenvalue weighted by Crippen LogP contribution is -2.51. The summed E-state index contributed by atoms with van der Waals surface area (Å²) in [6.45, 7) is 10.9. The van der Waals surface area contributed by atoms with E-state index in [1.807, 2.05) is 28.5 Å². The van der Waals surface area contributed by atoms with Crippen LogP contribution in [0, 0.1) is 0 Å². The molecule has 1 aliphatic heterocycles. The highest BCUT2D eigenvalue weighted by Crippen LogP contribution is 2.41. The Morgan fingerprint density at radius 1 is 1.11 bits per heavy atom. The summed E-state index contributed by atoms with van der Waals surface area (Å²) in [4.78, 5) is 0. The summed E-state index contributed by atoms with van der Waals surface area (Å²) in [6.07, 6.45) is 1.08. The predicted octanol–water partition coefficient (Wildman–Crippen LogP) is 0.491. The molecule has 0 spiro atoms. The largest absolute Gasteiger partial charge is 0.410 e. The Hall–Kier alpha value is -0.0301. The lowest BCUT2D eigenvalue weighted by Gasteiger charge is -2.41. The zero-order valence-corrected chi connectivity index (χ0v) is 12.7. The molecule has 0 amide bonds. The van der Waals surface area contributed by atoms with Gasteiger partial charge in [-0.3, -0.25) is 0 Å². The van der Waals surface area contributed by atoms with Crippen LogP contribution in [0.1, 0.15) is 54.4 Å². The van der Waals surface area contributed by atoms with E-state index in [1.54, 1.807) is 20.8 Å². The van der Waals surface area contributed by atoms with Gasteiger partial charge < -0.3 is 19.5 Å². The van der Waals surface area contributed by atoms with Gasteiger partial charge >= 0.3 is 7.01 Å². The lowest BCUT2D eigenvalue weighted by molar-refractivity contribution is -0.134. The van der Waals surface area contributed by atoms with E-state index < -0.39 is 22.4 Å². The van der Waals surface area contributed by atoms with Crippen molar-refractivity contribution in [2.24, 2.45) is 0 Å². The van der Waals surface area contributed by atoms with Gasteiger partial charge in [-0.1, -0.05) is 0 Å². The van der Waals surface area contributed by atoms with Gasteiger partial charge in [0.1, 0.15) is 0 Å². The average molecular weight is 256 g/mol. The molecule has 4 nitrogen and oxygen atoms in total. The summed E-state index contributed by atoms with van der Waals surface area (Å²) < 4.78 is 11.6. The Morgan fingerprint density at radius 2 is 1.61 bits per heavy atom. The molecule has 0 bridgehead atoms. The Labute approximate surface area is 112 Å². The third kappa shape index (κ3) is 2.93. The first-order valence-electron chi connectivity index (χ1n) is 6.61. The molecule has 1 fully saturated rings. The molecule has 104 valence electrons. The van der Waals surface area contributed by atoms with Gasteiger partial charge in [0.2, 0.25) is 0 Å². The first kappa shape index (κ1) is 16.0. The maximum absolute atomic E-state index is 10.3. The van der Waals surface area contributed by atoms with Crippen LogP contribution in [0.15, 0.2) is 0 Å². The molecule has 0 aromatic carbocycles. The Kier molecular flexibility index (Phi) is 4.02. The fraction of sp³-hybridized carbons (Fsp3) is 1.00. The van der Waals surface area contributed by atoms with E-state index in [-0.39, 0.29) is 7.01 Å². The Morgan fingerprint density at radius 3 is 1.94 bits per heavy atom. The molecule has 2 unspecified atom stereocenters. The zero-order chi connectivity index (χ0) is 14.4. The quantitative estimate of drug-likeness (QED) is 0.718. The molecule has 1 heterocycles. The summed E-state index contributed by atoms with van der Waals surface area (Å²) in [5, 5.41) is 20.3. The van der Waals surface area contributed by atoms with Gasteiger partial charge in [-0.25, -0.2) is 0 Å². The standard InChI is InChI=1S/C12H26B2O4/c1-9(2,15)11(5,16)7-8-12(6)10(3,4)17-14(13)18-12/h15-16H,7-8,13H2,1-6H3. The second-order valence-corrected chi connectivity index (χ2v) is 6.88. The summed E-state index contributed by atoms with van der Waals surface area (Å²) in [6, 6.07) is 0. The molecule has 1 aliphatic rings. The number of aliphatic hydroxyl groups is 2. The van der Waals surface area contributed by atoms with Crippen LogP contribution < -0.4 is 0 Å². The van der Waals surface area contributed by atoms with Crippen LogP contribution in [0.25, 0.3) is 0 Å². The molecule has 0 radical (unpaired) electrons. The van der Waals surface area contributed by atoms with Gasteiger partial charge in [0, 0.05) is 0 Å². The highest BCUT2D eigenvalue weighted by atomic mass is 16.7. The van der Waals surface area contributed by atoms with E-state index in [0.717, 1.165) is 0 Å². The first-order valence-corrected chi connectivity index (χ1v) is 6.61. The fourth-order valence-corrected chi connectivity index (χ4v) is 2.22. The monoisotopic (exact) mass is 256 g/mol. The summed E-state index contributed by atoms with van der Waals surface area (Å²) >= 11 is 0. The van der Waals surface area contributed by atoms with E-state index >= 15 is 0 Å². The minimum atomic E-state index is -1.15. The molecule has 0 aliphatic carbocycles. The second kappa shape index (κ2) is 4.51. The van der Waals surface area contributed by atoms with Crippen molar-refractivity contribution in [2.45, 2.75) is 76.8 Å². The zero-order valence-electron chi connectivity index (χ0n) is 12.7. The van der Waals surface area contributed by atoms with Crippen LogP contribution in [0.5, 0.6) is 0 Å². The molecule has 1 saturated heterocycles. The molecule has 1 rings (SSSR count). The normalized spacial score (nSPS) is 31.4. The maximum atomic E-state index is 10.3. The van der Waals surface area contributed by atoms with Crippen molar-refractivity contribution >= 4 is 14.7 Å². The van der Waals surface area contributed by atoms with Crippen LogP contribution in [0.2, 0.25) is 0 Å². The fourth-order valence-electron chi connectivity index (χ4n) is 2.22. The minimum absolute atomic E-state index is 0.239. The number of hydrogen-bond donors (Lipinski definition) is 2. The average Bonchev–Trinajstić information content (AvgIpc) is 2.31. The molecule has 0 aromatic heterocycles. The van der Waals surface area contributed by atoms with Crippen molar-refractivity contribution < 1.29 is 19.5 Å². The molecule has 6 heteroatoms. The van der Waals surface area contributed by atoms with E-state index in [4.69, 9.17) is 9.31 Å². The highest BCUT2D eigenvalue weighted by molar-refractivity contribution is 6.95. The van der Waals surface area contributed by atoms with Gasteiger partial charge in [-0.2, -0.15) is 0 Å². The molecule has 18 heavy (non-hydrogen) atoms. The van der Waals surface area contributed by atoms with Crippen LogP contribution in [-0.4, -0.2) is 47.4 Å². The van der Waals surface area contributed by atoms with Gasteiger partial charge in [0.15, 0.2) is 7.74 Å². The Bertz CT molecular complexity index is 312. The molecule has 2 N–H and O–H groups in total. The lowest BCUT2D eigenvalue weighted by atomic mass is 9.63. The van der Waals surface area contributed by atoms with Crippen molar-refractivity contribution in [1.29, 1.82) is 0 Å². The molecular formula is C12H26B2O4. The van der Waals surface area contributed by atoms with Gasteiger partial charge in [-0.15, -0.1) is 0 Å². The third-order valence-electron chi connectivity index (χ3n) is 4.57. The van der Waals surface area contributed by atoms with Crippen LogP contribution in [-0.2, 0) is 9.31 Å². The van der Waals surface area contributed by atoms with Crippen molar-refractivity contribution in [3.05, 3.63) is 0 Å². The van der Waals surface area contributed by atoms with Gasteiger partial charge in [0.25, 0.3) is 0 Å². The molecular weight excluding hydrogens is 230 g/mol. The molecule has 0 saturated carbocycles. The highest BCUT2D eigenvalue weighted by Gasteiger charge is 2.52. The maximum Gasteiger partial charge on any atom is 0.398 e. The number of rotatable bonds is 4. The van der Waals surface area contributed by atoms with E-state index in [1.165, 1.54) is 0 Å². The van der Waals surface area contributed by atoms with Crippen molar-refractivity contribution in [1.82, 2.24) is 0 Å². The van der Waals surface area contributed by atoms with E-state index in [9.17, 15) is 10.2 Å². The SMILES string of the molecule is BB1OC(C)(C)C(C)(CCC(C)(O)C(C)(C)O)O1. The van der Waals surface area contributed by atoms with Gasteiger partial charge in [0.05, 0.1) is 22.4 Å². The number of hydrogen-bond acceptors (Lipinski definition) is 4. The molecule has 2 atom stereocenters. The van der Waals surface area contributed by atoms with Crippen LogP contribution >= 0.6 is 0 Å². The second-order valence-electron chi connectivity index (χ2n) is 6.88. The summed E-state index contributed by atoms with van der Waals surface area (Å²) in [5.74, 6) is 0. The topological polar surface area (TPSA) is 58.9 Å². The van der Waals surface area contributed by atoms with Crippen molar-refractivity contribution in [3.63, 3.8) is 0 Å². The first-order chi connectivity index (χ1) is 7.81. The predicted molar refractivity (Wildman–Crippen MR) is 75.1 cm³/mol.